The number of unbranched alkanes of at least 4 members (excludes halogenated alkanes) is 14. The molecule has 25 heavy (non-hydrogen) atoms. The zero-order chi connectivity index (χ0) is 18.6. The molecule has 0 rings (SSSR count). The van der Waals surface area contributed by atoms with E-state index in [-0.39, 0.29) is 0 Å². The summed E-state index contributed by atoms with van der Waals surface area (Å²) in [5.41, 5.74) is 0. The summed E-state index contributed by atoms with van der Waals surface area (Å²) in [7, 11) is 0. The van der Waals surface area contributed by atoms with Crippen molar-refractivity contribution in [1.82, 2.24) is 4.90 Å². The Morgan fingerprint density at radius 2 is 0.880 bits per heavy atom. The fourth-order valence-electron chi connectivity index (χ4n) is 3.52. The molecule has 0 saturated heterocycles. The van der Waals surface area contributed by atoms with Gasteiger partial charge < -0.3 is 0 Å². The van der Waals surface area contributed by atoms with Gasteiger partial charge in [-0.2, -0.15) is 0 Å². The lowest BCUT2D eigenvalue weighted by Crippen LogP contribution is -2.30. The number of rotatable bonds is 20. The van der Waals surface area contributed by atoms with E-state index in [0.717, 1.165) is 13.1 Å². The zero-order valence-corrected chi connectivity index (χ0v) is 17.8. The van der Waals surface area contributed by atoms with Crippen LogP contribution in [0.1, 0.15) is 124 Å². The first-order valence-corrected chi connectivity index (χ1v) is 11.4. The van der Waals surface area contributed by atoms with Crippen molar-refractivity contribution in [3.05, 3.63) is 0 Å². The van der Waals surface area contributed by atoms with Gasteiger partial charge in [-0.05, 0) is 32.9 Å². The highest BCUT2D eigenvalue weighted by Gasteiger charge is 2.07. The fourth-order valence-corrected chi connectivity index (χ4v) is 3.52. The van der Waals surface area contributed by atoms with Gasteiger partial charge in [-0.25, -0.2) is 0 Å². The van der Waals surface area contributed by atoms with Gasteiger partial charge in [-0.15, -0.1) is 0 Å². The maximum Gasteiger partial charge on any atom is 0.143 e. The van der Waals surface area contributed by atoms with Crippen molar-refractivity contribution in [3.8, 4) is 0 Å². The van der Waals surface area contributed by atoms with E-state index in [4.69, 9.17) is 0 Å². The van der Waals surface area contributed by atoms with E-state index in [2.05, 4.69) is 18.7 Å². The SMILES string of the molecule is CCCCCCCCCCN(CCCCCCCCCC)CC(C)=O. The van der Waals surface area contributed by atoms with E-state index < -0.39 is 0 Å². The molecule has 0 aromatic rings. The van der Waals surface area contributed by atoms with Crippen LogP contribution in [0.3, 0.4) is 0 Å². The summed E-state index contributed by atoms with van der Waals surface area (Å²) >= 11 is 0. The number of carbonyl (C=O) groups excluding carboxylic acids is 1. The Balaban J connectivity index is 3.60. The Morgan fingerprint density at radius 1 is 0.560 bits per heavy atom. The van der Waals surface area contributed by atoms with E-state index >= 15 is 0 Å². The predicted molar refractivity (Wildman–Crippen MR) is 112 cm³/mol. The largest absolute Gasteiger partial charge is 0.299 e. The van der Waals surface area contributed by atoms with Gasteiger partial charge >= 0.3 is 0 Å². The maximum atomic E-state index is 11.5. The van der Waals surface area contributed by atoms with Gasteiger partial charge in [0.15, 0.2) is 0 Å². The third kappa shape index (κ3) is 19.8. The van der Waals surface area contributed by atoms with Gasteiger partial charge in [0.25, 0.3) is 0 Å². The molecule has 2 nitrogen and oxygen atoms in total. The lowest BCUT2D eigenvalue weighted by Gasteiger charge is -2.21. The second kappa shape index (κ2) is 19.9. The van der Waals surface area contributed by atoms with E-state index in [9.17, 15) is 4.79 Å². The molecule has 0 atom stereocenters. The van der Waals surface area contributed by atoms with Crippen LogP contribution >= 0.6 is 0 Å². The van der Waals surface area contributed by atoms with Crippen molar-refractivity contribution < 1.29 is 4.79 Å². The minimum atomic E-state index is 0.319. The molecule has 0 aliphatic carbocycles. The molecule has 0 aliphatic heterocycles. The van der Waals surface area contributed by atoms with Gasteiger partial charge in [0.2, 0.25) is 0 Å². The van der Waals surface area contributed by atoms with E-state index in [0.29, 0.717) is 12.3 Å². The lowest BCUT2D eigenvalue weighted by molar-refractivity contribution is -0.118. The molecule has 0 radical (unpaired) electrons. The van der Waals surface area contributed by atoms with Crippen LogP contribution in [0.15, 0.2) is 0 Å². The number of nitrogens with zero attached hydrogens (tertiary/aromatic N) is 1. The van der Waals surface area contributed by atoms with Crippen LogP contribution in [0.25, 0.3) is 0 Å². The fraction of sp³-hybridized carbons (Fsp3) is 0.957. The molecule has 0 aromatic carbocycles. The van der Waals surface area contributed by atoms with Crippen LogP contribution < -0.4 is 0 Å². The average Bonchev–Trinajstić information content (AvgIpc) is 2.58. The summed E-state index contributed by atoms with van der Waals surface area (Å²) < 4.78 is 0. The number of ketones is 1. The molecule has 150 valence electrons. The Hall–Kier alpha value is -0.370. The summed E-state index contributed by atoms with van der Waals surface area (Å²) in [6.07, 6.45) is 21.8. The smallest absolute Gasteiger partial charge is 0.143 e. The normalized spacial score (nSPS) is 11.4. The van der Waals surface area contributed by atoms with Crippen molar-refractivity contribution >= 4 is 5.78 Å². The summed E-state index contributed by atoms with van der Waals surface area (Å²) in [5.74, 6) is 0.319. The van der Waals surface area contributed by atoms with Crippen LogP contribution in [-0.2, 0) is 4.79 Å². The van der Waals surface area contributed by atoms with Crippen LogP contribution in [0.5, 0.6) is 0 Å². The van der Waals surface area contributed by atoms with E-state index in [1.807, 2.05) is 0 Å². The molecule has 2 heteroatoms. The standard InChI is InChI=1S/C23H47NO/c1-4-6-8-10-12-14-16-18-20-24(22-23(3)25)21-19-17-15-13-11-9-7-5-2/h4-22H2,1-3H3. The third-order valence-corrected chi connectivity index (χ3v) is 5.10. The Labute approximate surface area is 159 Å². The quantitative estimate of drug-likeness (QED) is 0.216. The highest BCUT2D eigenvalue weighted by atomic mass is 16.1. The first-order valence-electron chi connectivity index (χ1n) is 11.4. The molecule has 0 bridgehead atoms. The minimum absolute atomic E-state index is 0.319. The van der Waals surface area contributed by atoms with Gasteiger partial charge in [-0.1, -0.05) is 104 Å². The van der Waals surface area contributed by atoms with Crippen LogP contribution in [0.2, 0.25) is 0 Å². The lowest BCUT2D eigenvalue weighted by atomic mass is 10.1. The zero-order valence-electron chi connectivity index (χ0n) is 17.8. The summed E-state index contributed by atoms with van der Waals surface area (Å²) in [5, 5.41) is 0. The van der Waals surface area contributed by atoms with Gasteiger partial charge in [0.1, 0.15) is 5.78 Å². The van der Waals surface area contributed by atoms with Crippen molar-refractivity contribution in [2.24, 2.45) is 0 Å². The van der Waals surface area contributed by atoms with Gasteiger partial charge in [0, 0.05) is 0 Å². The Morgan fingerprint density at radius 3 is 1.20 bits per heavy atom. The van der Waals surface area contributed by atoms with Gasteiger partial charge in [0.05, 0.1) is 6.54 Å². The number of carbonyl (C=O) groups is 1. The van der Waals surface area contributed by atoms with Crippen LogP contribution in [0, 0.1) is 0 Å². The predicted octanol–water partition coefficient (Wildman–Crippen LogP) is 7.16. The molecule has 0 aromatic heterocycles. The number of hydrogen-bond acceptors (Lipinski definition) is 2. The van der Waals surface area contributed by atoms with Crippen molar-refractivity contribution in [3.63, 3.8) is 0 Å². The third-order valence-electron chi connectivity index (χ3n) is 5.10. The number of Topliss-reactive ketones (excluding diaryl/α,β-unsaturated/α-hetero) is 1. The summed E-state index contributed by atoms with van der Waals surface area (Å²) in [6, 6.07) is 0. The van der Waals surface area contributed by atoms with Crippen molar-refractivity contribution in [2.75, 3.05) is 19.6 Å². The molecule has 0 saturated carbocycles. The first-order chi connectivity index (χ1) is 12.2. The molecule has 0 unspecified atom stereocenters. The first kappa shape index (κ1) is 24.6. The second-order valence-electron chi connectivity index (χ2n) is 7.93. The number of hydrogen-bond donors (Lipinski definition) is 0. The Bertz CT molecular complexity index is 257. The monoisotopic (exact) mass is 353 g/mol. The molecule has 0 heterocycles. The Kier molecular flexibility index (Phi) is 19.7. The van der Waals surface area contributed by atoms with E-state index in [1.54, 1.807) is 6.92 Å². The molecular weight excluding hydrogens is 306 g/mol. The highest BCUT2D eigenvalue weighted by molar-refractivity contribution is 5.77. The van der Waals surface area contributed by atoms with Crippen LogP contribution in [-0.4, -0.2) is 30.3 Å². The van der Waals surface area contributed by atoms with Gasteiger partial charge in [-0.3, -0.25) is 9.69 Å². The summed E-state index contributed by atoms with van der Waals surface area (Å²) in [4.78, 5) is 13.9. The van der Waals surface area contributed by atoms with Crippen molar-refractivity contribution in [1.29, 1.82) is 0 Å². The molecule has 0 aliphatic rings. The van der Waals surface area contributed by atoms with Crippen LogP contribution in [0.4, 0.5) is 0 Å². The molecule has 0 fully saturated rings. The molecular formula is C23H47NO. The second-order valence-corrected chi connectivity index (χ2v) is 7.93. The minimum Gasteiger partial charge on any atom is -0.299 e. The van der Waals surface area contributed by atoms with E-state index in [1.165, 1.54) is 103 Å². The maximum absolute atomic E-state index is 11.5. The highest BCUT2D eigenvalue weighted by Crippen LogP contribution is 2.11. The molecule has 0 N–H and O–H groups in total. The summed E-state index contributed by atoms with van der Waals surface area (Å²) in [6.45, 7) is 9.17. The molecule has 0 amide bonds. The molecule has 0 spiro atoms. The average molecular weight is 354 g/mol. The topological polar surface area (TPSA) is 20.3 Å². The van der Waals surface area contributed by atoms with Crippen molar-refractivity contribution in [2.45, 2.75) is 124 Å².